The van der Waals surface area contributed by atoms with Crippen LogP contribution >= 0.6 is 11.6 Å². The van der Waals surface area contributed by atoms with E-state index in [1.54, 1.807) is 18.2 Å². The van der Waals surface area contributed by atoms with Crippen molar-refractivity contribution in [1.29, 1.82) is 0 Å². The summed E-state index contributed by atoms with van der Waals surface area (Å²) >= 11 is 6.33. The summed E-state index contributed by atoms with van der Waals surface area (Å²) in [6.07, 6.45) is 1.57. The topological polar surface area (TPSA) is 58.6 Å². The van der Waals surface area contributed by atoms with E-state index in [-0.39, 0.29) is 11.5 Å². The van der Waals surface area contributed by atoms with Gasteiger partial charge in [-0.05, 0) is 72.1 Å². The van der Waals surface area contributed by atoms with Gasteiger partial charge >= 0.3 is 0 Å². The Morgan fingerprint density at radius 1 is 0.919 bits per heavy atom. The molecule has 0 saturated carbocycles. The third-order valence-corrected chi connectivity index (χ3v) is 6.55. The number of ketones is 1. The van der Waals surface area contributed by atoms with Gasteiger partial charge in [-0.25, -0.2) is 0 Å². The molecule has 0 aliphatic rings. The van der Waals surface area contributed by atoms with E-state index in [0.717, 1.165) is 33.6 Å². The summed E-state index contributed by atoms with van der Waals surface area (Å²) < 4.78 is 6.33. The molecule has 37 heavy (non-hydrogen) atoms. The highest BCUT2D eigenvalue weighted by Gasteiger charge is 2.15. The molecule has 0 saturated heterocycles. The van der Waals surface area contributed by atoms with E-state index in [1.165, 1.54) is 0 Å². The summed E-state index contributed by atoms with van der Waals surface area (Å²) in [5, 5.41) is 14.0. The summed E-state index contributed by atoms with van der Waals surface area (Å²) in [6, 6.07) is 26.3. The van der Waals surface area contributed by atoms with Crippen LogP contribution in [-0.4, -0.2) is 10.9 Å². The maximum absolute atomic E-state index is 12.5. The lowest BCUT2D eigenvalue weighted by molar-refractivity contribution is 0.0986. The maximum atomic E-state index is 12.5. The zero-order valence-corrected chi connectivity index (χ0v) is 21.8. The van der Waals surface area contributed by atoms with Gasteiger partial charge in [-0.15, -0.1) is 0 Å². The SMILES string of the molecule is C=C(Cc1ccccc1Cl)Nc1ccc(Oc2ccccc2C(=O)CC)c(Cc2ccc(O)cc2C)c1. The number of aromatic hydroxyl groups is 1. The maximum Gasteiger partial charge on any atom is 0.166 e. The molecule has 4 nitrogen and oxygen atoms in total. The summed E-state index contributed by atoms with van der Waals surface area (Å²) in [6.45, 7) is 8.00. The Bertz CT molecular complexity index is 1440. The molecule has 0 radical (unpaired) electrons. The quantitative estimate of drug-likeness (QED) is 0.209. The number of carbonyl (C=O) groups is 1. The predicted octanol–water partition coefficient (Wildman–Crippen LogP) is 8.50. The smallest absolute Gasteiger partial charge is 0.166 e. The number of halogens is 1. The third-order valence-electron chi connectivity index (χ3n) is 6.18. The predicted molar refractivity (Wildman–Crippen MR) is 151 cm³/mol. The molecule has 0 aliphatic heterocycles. The van der Waals surface area contributed by atoms with Gasteiger partial charge in [0.1, 0.15) is 17.2 Å². The van der Waals surface area contributed by atoms with Crippen molar-refractivity contribution >= 4 is 23.1 Å². The molecule has 0 aromatic heterocycles. The van der Waals surface area contributed by atoms with Crippen LogP contribution in [0.3, 0.4) is 0 Å². The Labute approximate surface area is 223 Å². The van der Waals surface area contributed by atoms with Crippen LogP contribution in [0.5, 0.6) is 17.2 Å². The molecular formula is C32H30ClNO3. The van der Waals surface area contributed by atoms with E-state index in [4.69, 9.17) is 16.3 Å². The van der Waals surface area contributed by atoms with Crippen molar-refractivity contribution in [3.63, 3.8) is 0 Å². The van der Waals surface area contributed by atoms with Crippen molar-refractivity contribution in [3.8, 4) is 17.2 Å². The van der Waals surface area contributed by atoms with Gasteiger partial charge in [0, 0.05) is 41.2 Å². The summed E-state index contributed by atoms with van der Waals surface area (Å²) in [5.41, 5.74) is 6.22. The second kappa shape index (κ2) is 11.8. The number of phenolic OH excluding ortho intramolecular Hbond substituents is 1. The first-order chi connectivity index (χ1) is 17.8. The molecule has 5 heteroatoms. The van der Waals surface area contributed by atoms with Crippen LogP contribution in [0, 0.1) is 6.92 Å². The number of nitrogens with one attached hydrogen (secondary N) is 1. The van der Waals surface area contributed by atoms with Gasteiger partial charge in [0.15, 0.2) is 5.78 Å². The molecular weight excluding hydrogens is 482 g/mol. The van der Waals surface area contributed by atoms with Crippen LogP contribution < -0.4 is 10.1 Å². The Kier molecular flexibility index (Phi) is 8.32. The van der Waals surface area contributed by atoms with Gasteiger partial charge < -0.3 is 15.2 Å². The lowest BCUT2D eigenvalue weighted by Gasteiger charge is -2.17. The van der Waals surface area contributed by atoms with Crippen LogP contribution in [0.1, 0.15) is 46.0 Å². The molecule has 4 aromatic carbocycles. The lowest BCUT2D eigenvalue weighted by Crippen LogP contribution is -2.04. The molecule has 0 amide bonds. The van der Waals surface area contributed by atoms with E-state index in [9.17, 15) is 9.90 Å². The normalized spacial score (nSPS) is 10.7. The molecule has 0 aliphatic carbocycles. The highest BCUT2D eigenvalue weighted by molar-refractivity contribution is 6.31. The number of phenols is 1. The van der Waals surface area contributed by atoms with Crippen molar-refractivity contribution < 1.29 is 14.6 Å². The number of carbonyl (C=O) groups excluding carboxylic acids is 1. The minimum Gasteiger partial charge on any atom is -0.508 e. The minimum atomic E-state index is 0.0284. The molecule has 0 unspecified atom stereocenters. The highest BCUT2D eigenvalue weighted by Crippen LogP contribution is 2.33. The first-order valence-corrected chi connectivity index (χ1v) is 12.6. The number of allylic oxidation sites excluding steroid dienone is 1. The van der Waals surface area contributed by atoms with Crippen molar-refractivity contribution in [3.05, 3.63) is 130 Å². The number of hydrogen-bond donors (Lipinski definition) is 2. The molecule has 0 heterocycles. The number of Topliss-reactive ketones (excluding diaryl/α,β-unsaturated/α-hetero) is 1. The van der Waals surface area contributed by atoms with Crippen molar-refractivity contribution in [2.75, 3.05) is 5.32 Å². The Hall–Kier alpha value is -4.02. The molecule has 0 atom stereocenters. The fourth-order valence-electron chi connectivity index (χ4n) is 4.19. The summed E-state index contributed by atoms with van der Waals surface area (Å²) in [4.78, 5) is 12.5. The fourth-order valence-corrected chi connectivity index (χ4v) is 4.40. The Balaban J connectivity index is 1.65. The molecule has 188 valence electrons. The van der Waals surface area contributed by atoms with Gasteiger partial charge in [-0.1, -0.05) is 61.5 Å². The second-order valence-corrected chi connectivity index (χ2v) is 9.39. The van der Waals surface area contributed by atoms with Gasteiger partial charge in [-0.2, -0.15) is 0 Å². The number of rotatable bonds is 10. The van der Waals surface area contributed by atoms with Gasteiger partial charge in [0.05, 0.1) is 5.56 Å². The molecule has 4 rings (SSSR count). The van der Waals surface area contributed by atoms with Crippen LogP contribution in [0.4, 0.5) is 5.69 Å². The zero-order valence-electron chi connectivity index (χ0n) is 21.1. The number of benzene rings is 4. The Morgan fingerprint density at radius 2 is 1.68 bits per heavy atom. The second-order valence-electron chi connectivity index (χ2n) is 8.98. The van der Waals surface area contributed by atoms with Gasteiger partial charge in [0.2, 0.25) is 0 Å². The van der Waals surface area contributed by atoms with E-state index in [1.807, 2.05) is 80.6 Å². The molecule has 0 fully saturated rings. The number of hydrogen-bond acceptors (Lipinski definition) is 4. The third kappa shape index (κ3) is 6.60. The zero-order chi connectivity index (χ0) is 26.4. The number of para-hydroxylation sites is 1. The van der Waals surface area contributed by atoms with Crippen LogP contribution in [-0.2, 0) is 12.8 Å². The molecule has 2 N–H and O–H groups in total. The monoisotopic (exact) mass is 511 g/mol. The number of ether oxygens (including phenoxy) is 1. The summed E-state index contributed by atoms with van der Waals surface area (Å²) in [5.74, 6) is 1.45. The molecule has 4 aromatic rings. The van der Waals surface area contributed by atoms with Crippen molar-refractivity contribution in [1.82, 2.24) is 0 Å². The van der Waals surface area contributed by atoms with Gasteiger partial charge in [0.25, 0.3) is 0 Å². The van der Waals surface area contributed by atoms with E-state index < -0.39 is 0 Å². The summed E-state index contributed by atoms with van der Waals surface area (Å²) in [7, 11) is 0. The van der Waals surface area contributed by atoms with Crippen LogP contribution in [0.15, 0.2) is 97.2 Å². The highest BCUT2D eigenvalue weighted by atomic mass is 35.5. The average molecular weight is 512 g/mol. The average Bonchev–Trinajstić information content (AvgIpc) is 2.88. The van der Waals surface area contributed by atoms with E-state index in [2.05, 4.69) is 11.9 Å². The number of anilines is 1. The minimum absolute atomic E-state index is 0.0284. The van der Waals surface area contributed by atoms with Crippen LogP contribution in [0.25, 0.3) is 0 Å². The fraction of sp³-hybridized carbons (Fsp3) is 0.156. The number of aryl methyl sites for hydroxylation is 1. The molecule has 0 spiro atoms. The first-order valence-electron chi connectivity index (χ1n) is 12.2. The first kappa shape index (κ1) is 26.1. The van der Waals surface area contributed by atoms with Crippen molar-refractivity contribution in [2.45, 2.75) is 33.1 Å². The largest absolute Gasteiger partial charge is 0.508 e. The van der Waals surface area contributed by atoms with E-state index >= 15 is 0 Å². The van der Waals surface area contributed by atoms with Gasteiger partial charge in [-0.3, -0.25) is 4.79 Å². The Morgan fingerprint density at radius 3 is 2.43 bits per heavy atom. The van der Waals surface area contributed by atoms with E-state index in [0.29, 0.717) is 41.3 Å². The standard InChI is InChI=1S/C32H30ClNO3/c1-4-30(36)28-10-6-8-12-32(28)37-31-16-14-26(34-22(3)18-24-9-5-7-11-29(24)33)20-25(31)19-23-13-15-27(35)17-21(23)2/h5-17,20,34-35H,3-4,18-19H2,1-2H3. The molecule has 0 bridgehead atoms. The lowest BCUT2D eigenvalue weighted by atomic mass is 9.99. The van der Waals surface area contributed by atoms with Crippen LogP contribution in [0.2, 0.25) is 5.02 Å². The van der Waals surface area contributed by atoms with Crippen molar-refractivity contribution in [2.24, 2.45) is 0 Å².